The number of nitrogens with zero attached hydrogens (tertiary/aromatic N) is 1. The maximum absolute atomic E-state index is 11.4. The van der Waals surface area contributed by atoms with Crippen molar-refractivity contribution in [2.24, 2.45) is 5.10 Å². The zero-order valence-corrected chi connectivity index (χ0v) is 12.2. The average Bonchev–Trinajstić information content (AvgIpc) is 2.73. The Balaban J connectivity index is 2.00. The van der Waals surface area contributed by atoms with Crippen LogP contribution in [-0.2, 0) is 4.74 Å². The third-order valence-corrected chi connectivity index (χ3v) is 2.58. The lowest BCUT2D eigenvalue weighted by atomic mass is 10.2. The summed E-state index contributed by atoms with van der Waals surface area (Å²) in [6.07, 6.45) is 0.777. The second kappa shape index (κ2) is 5.58. The standard InChI is InChI=1S/C13H15ClN2O4/c1-13(2,3)20-12(17)16-15-6-8-4-10-11(5-9(8)14)19-7-18-10/h4-6H,7H2,1-3H3,(H,16,17)/b15-6-. The number of rotatable bonds is 2. The molecule has 2 rings (SSSR count). The number of halogens is 1. The van der Waals surface area contributed by atoms with Crippen LogP contribution >= 0.6 is 11.6 Å². The molecule has 20 heavy (non-hydrogen) atoms. The number of nitrogens with one attached hydrogen (secondary N) is 1. The van der Waals surface area contributed by atoms with Crippen molar-refractivity contribution >= 4 is 23.9 Å². The van der Waals surface area contributed by atoms with E-state index in [2.05, 4.69) is 10.5 Å². The molecule has 6 nitrogen and oxygen atoms in total. The van der Waals surface area contributed by atoms with E-state index in [-0.39, 0.29) is 6.79 Å². The van der Waals surface area contributed by atoms with E-state index in [1.807, 2.05) is 0 Å². The number of carbonyl (C=O) groups excluding carboxylic acids is 1. The predicted octanol–water partition coefficient (Wildman–Crippen LogP) is 2.93. The Morgan fingerprint density at radius 3 is 2.70 bits per heavy atom. The molecule has 1 heterocycles. The first-order valence-electron chi connectivity index (χ1n) is 5.96. The third kappa shape index (κ3) is 3.77. The van der Waals surface area contributed by atoms with Gasteiger partial charge >= 0.3 is 6.09 Å². The fourth-order valence-corrected chi connectivity index (χ4v) is 1.69. The molecule has 1 N–H and O–H groups in total. The maximum atomic E-state index is 11.4. The Hall–Kier alpha value is -1.95. The molecule has 0 saturated carbocycles. The molecule has 0 radical (unpaired) electrons. The molecule has 0 saturated heterocycles. The van der Waals surface area contributed by atoms with Crippen molar-refractivity contribution in [1.82, 2.24) is 5.43 Å². The Morgan fingerprint density at radius 2 is 2.05 bits per heavy atom. The monoisotopic (exact) mass is 298 g/mol. The van der Waals surface area contributed by atoms with Crippen molar-refractivity contribution in [1.29, 1.82) is 0 Å². The quantitative estimate of drug-likeness (QED) is 0.673. The minimum atomic E-state index is -0.634. The summed E-state index contributed by atoms with van der Waals surface area (Å²) in [5, 5.41) is 4.23. The lowest BCUT2D eigenvalue weighted by Crippen LogP contribution is -2.29. The lowest BCUT2D eigenvalue weighted by molar-refractivity contribution is 0.0529. The molecule has 1 aliphatic rings. The molecule has 0 unspecified atom stereocenters. The summed E-state index contributed by atoms with van der Waals surface area (Å²) in [7, 11) is 0. The molecule has 108 valence electrons. The van der Waals surface area contributed by atoms with Crippen LogP contribution in [0.1, 0.15) is 26.3 Å². The van der Waals surface area contributed by atoms with Crippen molar-refractivity contribution in [3.63, 3.8) is 0 Å². The highest BCUT2D eigenvalue weighted by molar-refractivity contribution is 6.33. The van der Waals surface area contributed by atoms with Gasteiger partial charge < -0.3 is 14.2 Å². The number of amides is 1. The van der Waals surface area contributed by atoms with Crippen LogP contribution in [-0.4, -0.2) is 24.7 Å². The number of hydrogen-bond acceptors (Lipinski definition) is 5. The Labute approximate surface area is 121 Å². The lowest BCUT2D eigenvalue weighted by Gasteiger charge is -2.18. The van der Waals surface area contributed by atoms with Gasteiger partial charge in [-0.2, -0.15) is 5.10 Å². The summed E-state index contributed by atoms with van der Waals surface area (Å²) in [5.74, 6) is 1.18. The van der Waals surface area contributed by atoms with Crippen LogP contribution in [0.3, 0.4) is 0 Å². The number of hydrazone groups is 1. The number of hydrogen-bond donors (Lipinski definition) is 1. The first-order chi connectivity index (χ1) is 9.35. The van der Waals surface area contributed by atoms with Crippen LogP contribution in [0, 0.1) is 0 Å². The largest absolute Gasteiger partial charge is 0.454 e. The molecule has 1 aliphatic heterocycles. The molecule has 0 aliphatic carbocycles. The van der Waals surface area contributed by atoms with Gasteiger partial charge in [-0.25, -0.2) is 10.2 Å². The fourth-order valence-electron chi connectivity index (χ4n) is 1.49. The van der Waals surface area contributed by atoms with Crippen LogP contribution < -0.4 is 14.9 Å². The SMILES string of the molecule is CC(C)(C)OC(=O)N/N=C\c1cc2c(cc1Cl)OCO2. The summed E-state index contributed by atoms with van der Waals surface area (Å²) < 4.78 is 15.5. The van der Waals surface area contributed by atoms with Crippen LogP contribution in [0.15, 0.2) is 17.2 Å². The zero-order valence-electron chi connectivity index (χ0n) is 11.4. The molecule has 0 bridgehead atoms. The van der Waals surface area contributed by atoms with E-state index in [1.165, 1.54) is 6.21 Å². The second-order valence-electron chi connectivity index (χ2n) is 5.10. The minimum Gasteiger partial charge on any atom is -0.454 e. The van der Waals surface area contributed by atoms with E-state index >= 15 is 0 Å². The van der Waals surface area contributed by atoms with Gasteiger partial charge in [-0.15, -0.1) is 0 Å². The Morgan fingerprint density at radius 1 is 1.40 bits per heavy atom. The molecule has 0 atom stereocenters. The van der Waals surface area contributed by atoms with E-state index in [0.29, 0.717) is 22.1 Å². The Bertz CT molecular complexity index is 552. The molecular weight excluding hydrogens is 284 g/mol. The second-order valence-corrected chi connectivity index (χ2v) is 5.51. The van der Waals surface area contributed by atoms with Crippen molar-refractivity contribution in [3.05, 3.63) is 22.7 Å². The van der Waals surface area contributed by atoms with Gasteiger partial charge in [-0.1, -0.05) is 11.6 Å². The molecule has 1 aromatic rings. The molecule has 1 amide bonds. The van der Waals surface area contributed by atoms with Gasteiger partial charge in [0.15, 0.2) is 11.5 Å². The predicted molar refractivity (Wildman–Crippen MR) is 74.5 cm³/mol. The van der Waals surface area contributed by atoms with E-state index in [4.69, 9.17) is 25.8 Å². The summed E-state index contributed by atoms with van der Waals surface area (Å²) in [5.41, 5.74) is 2.29. The smallest absolute Gasteiger partial charge is 0.428 e. The summed E-state index contributed by atoms with van der Waals surface area (Å²) in [4.78, 5) is 11.4. The molecule has 1 aromatic carbocycles. The number of ether oxygens (including phenoxy) is 3. The van der Waals surface area contributed by atoms with Gasteiger partial charge in [0.25, 0.3) is 0 Å². The fraction of sp³-hybridized carbons (Fsp3) is 0.385. The average molecular weight is 299 g/mol. The van der Waals surface area contributed by atoms with E-state index < -0.39 is 11.7 Å². The maximum Gasteiger partial charge on any atom is 0.428 e. The van der Waals surface area contributed by atoms with Gasteiger partial charge in [0.05, 0.1) is 11.2 Å². The third-order valence-electron chi connectivity index (χ3n) is 2.25. The van der Waals surface area contributed by atoms with Crippen molar-refractivity contribution in [3.8, 4) is 11.5 Å². The van der Waals surface area contributed by atoms with E-state index in [9.17, 15) is 4.79 Å². The molecular formula is C13H15ClN2O4. The van der Waals surface area contributed by atoms with Gasteiger partial charge in [-0.05, 0) is 26.8 Å². The van der Waals surface area contributed by atoms with Crippen LogP contribution in [0.2, 0.25) is 5.02 Å². The van der Waals surface area contributed by atoms with Crippen LogP contribution in [0.4, 0.5) is 4.79 Å². The van der Waals surface area contributed by atoms with Crippen molar-refractivity contribution in [2.75, 3.05) is 6.79 Å². The number of fused-ring (bicyclic) bond motifs is 1. The molecule has 0 fully saturated rings. The molecule has 0 aromatic heterocycles. The van der Waals surface area contributed by atoms with Gasteiger partial charge in [0.1, 0.15) is 5.60 Å². The normalized spacial score (nSPS) is 13.6. The minimum absolute atomic E-state index is 0.169. The van der Waals surface area contributed by atoms with Crippen LogP contribution in [0.5, 0.6) is 11.5 Å². The summed E-state index contributed by atoms with van der Waals surface area (Å²) in [6, 6.07) is 3.32. The highest BCUT2D eigenvalue weighted by Crippen LogP contribution is 2.36. The van der Waals surface area contributed by atoms with Gasteiger partial charge in [-0.3, -0.25) is 0 Å². The number of benzene rings is 1. The highest BCUT2D eigenvalue weighted by atomic mass is 35.5. The van der Waals surface area contributed by atoms with Crippen LogP contribution in [0.25, 0.3) is 0 Å². The zero-order chi connectivity index (χ0) is 14.8. The van der Waals surface area contributed by atoms with Gasteiger partial charge in [0.2, 0.25) is 6.79 Å². The summed E-state index contributed by atoms with van der Waals surface area (Å²) in [6.45, 7) is 5.48. The number of carbonyl (C=O) groups is 1. The highest BCUT2D eigenvalue weighted by Gasteiger charge is 2.17. The molecule has 0 spiro atoms. The van der Waals surface area contributed by atoms with Crippen molar-refractivity contribution in [2.45, 2.75) is 26.4 Å². The van der Waals surface area contributed by atoms with E-state index in [1.54, 1.807) is 32.9 Å². The first kappa shape index (κ1) is 14.5. The van der Waals surface area contributed by atoms with Crippen molar-refractivity contribution < 1.29 is 19.0 Å². The Kier molecular flexibility index (Phi) is 4.04. The first-order valence-corrected chi connectivity index (χ1v) is 6.34. The van der Waals surface area contributed by atoms with E-state index in [0.717, 1.165) is 0 Å². The topological polar surface area (TPSA) is 69.2 Å². The summed E-state index contributed by atoms with van der Waals surface area (Å²) >= 11 is 6.06. The van der Waals surface area contributed by atoms with Gasteiger partial charge in [0, 0.05) is 11.6 Å². The molecule has 7 heteroatoms.